The van der Waals surface area contributed by atoms with Crippen LogP contribution in [0.2, 0.25) is 0 Å². The summed E-state index contributed by atoms with van der Waals surface area (Å²) < 4.78 is 0. The van der Waals surface area contributed by atoms with Crippen LogP contribution in [0.5, 0.6) is 0 Å². The zero-order valence-corrected chi connectivity index (χ0v) is 12.8. The highest BCUT2D eigenvalue weighted by molar-refractivity contribution is 5.84. The van der Waals surface area contributed by atoms with Crippen LogP contribution in [0.25, 0.3) is 0 Å². The normalized spacial score (nSPS) is 36.4. The van der Waals surface area contributed by atoms with Crippen LogP contribution >= 0.6 is 0 Å². The van der Waals surface area contributed by atoms with Crippen LogP contribution < -0.4 is 0 Å². The summed E-state index contributed by atoms with van der Waals surface area (Å²) in [5.41, 5.74) is 0. The molecule has 0 aromatic heterocycles. The summed E-state index contributed by atoms with van der Waals surface area (Å²) in [6, 6.07) is -0.401. The third-order valence-corrected chi connectivity index (χ3v) is 5.69. The van der Waals surface area contributed by atoms with E-state index in [-0.39, 0.29) is 18.0 Å². The number of carboxylic acid groups (broad SMARTS) is 1. The average molecular weight is 294 g/mol. The van der Waals surface area contributed by atoms with Crippen molar-refractivity contribution >= 4 is 12.0 Å². The molecule has 0 bridgehead atoms. The van der Waals surface area contributed by atoms with E-state index in [2.05, 4.69) is 6.92 Å². The van der Waals surface area contributed by atoms with Gasteiger partial charge in [-0.3, -0.25) is 0 Å². The summed E-state index contributed by atoms with van der Waals surface area (Å²) in [4.78, 5) is 28.2. The molecule has 2 amide bonds. The van der Waals surface area contributed by atoms with Gasteiger partial charge in [-0.2, -0.15) is 0 Å². The SMILES string of the molecule is CC1CCCCCN1C(=O)N1CC2CCCC2C1C(=O)O. The van der Waals surface area contributed by atoms with Gasteiger partial charge in [0, 0.05) is 19.1 Å². The molecule has 3 rings (SSSR count). The molecule has 3 fully saturated rings. The predicted octanol–water partition coefficient (Wildman–Crippen LogP) is 2.56. The monoisotopic (exact) mass is 294 g/mol. The Balaban J connectivity index is 1.78. The Morgan fingerprint density at radius 3 is 2.57 bits per heavy atom. The van der Waals surface area contributed by atoms with E-state index in [0.717, 1.165) is 38.6 Å². The van der Waals surface area contributed by atoms with Crippen LogP contribution in [0.4, 0.5) is 4.79 Å². The minimum absolute atomic E-state index is 0.0359. The van der Waals surface area contributed by atoms with E-state index in [1.807, 2.05) is 4.90 Å². The molecule has 0 radical (unpaired) electrons. The van der Waals surface area contributed by atoms with Crippen molar-refractivity contribution in [3.63, 3.8) is 0 Å². The van der Waals surface area contributed by atoms with Crippen LogP contribution in [0.1, 0.15) is 51.9 Å². The Bertz CT molecular complexity index is 426. The minimum Gasteiger partial charge on any atom is -0.480 e. The lowest BCUT2D eigenvalue weighted by Gasteiger charge is -2.34. The summed E-state index contributed by atoms with van der Waals surface area (Å²) in [6.07, 6.45) is 7.55. The molecule has 118 valence electrons. The lowest BCUT2D eigenvalue weighted by molar-refractivity contribution is -0.142. The van der Waals surface area contributed by atoms with Gasteiger partial charge in [0.05, 0.1) is 0 Å². The minimum atomic E-state index is -0.819. The van der Waals surface area contributed by atoms with Gasteiger partial charge in [0.2, 0.25) is 0 Å². The number of urea groups is 1. The van der Waals surface area contributed by atoms with Gasteiger partial charge in [-0.1, -0.05) is 19.3 Å². The number of carboxylic acids is 1. The Morgan fingerprint density at radius 2 is 1.81 bits per heavy atom. The van der Waals surface area contributed by atoms with Gasteiger partial charge in [0.25, 0.3) is 0 Å². The van der Waals surface area contributed by atoms with E-state index in [9.17, 15) is 14.7 Å². The van der Waals surface area contributed by atoms with Crippen molar-refractivity contribution in [2.45, 2.75) is 64.0 Å². The van der Waals surface area contributed by atoms with Crippen LogP contribution in [-0.2, 0) is 4.79 Å². The van der Waals surface area contributed by atoms with Gasteiger partial charge in [-0.05, 0) is 44.4 Å². The number of hydrogen-bond acceptors (Lipinski definition) is 2. The molecule has 1 aliphatic carbocycles. The van der Waals surface area contributed by atoms with Crippen molar-refractivity contribution in [2.24, 2.45) is 11.8 Å². The van der Waals surface area contributed by atoms with Gasteiger partial charge in [0.15, 0.2) is 0 Å². The molecule has 1 saturated carbocycles. The molecule has 3 aliphatic rings. The van der Waals surface area contributed by atoms with Gasteiger partial charge >= 0.3 is 12.0 Å². The van der Waals surface area contributed by atoms with E-state index >= 15 is 0 Å². The molecular formula is C16H26N2O3. The highest BCUT2D eigenvalue weighted by Gasteiger charge is 2.50. The number of amides is 2. The summed E-state index contributed by atoms with van der Waals surface area (Å²) in [5, 5.41) is 9.59. The lowest BCUT2D eigenvalue weighted by Crippen LogP contribution is -2.52. The summed E-state index contributed by atoms with van der Waals surface area (Å²) >= 11 is 0. The zero-order valence-electron chi connectivity index (χ0n) is 12.8. The first-order valence-corrected chi connectivity index (χ1v) is 8.39. The first-order valence-electron chi connectivity index (χ1n) is 8.39. The third kappa shape index (κ3) is 2.62. The smallest absolute Gasteiger partial charge is 0.326 e. The molecule has 5 heteroatoms. The van der Waals surface area contributed by atoms with Crippen molar-refractivity contribution in [1.82, 2.24) is 9.80 Å². The van der Waals surface area contributed by atoms with Crippen LogP contribution in [0, 0.1) is 11.8 Å². The summed E-state index contributed by atoms with van der Waals surface area (Å²) in [5.74, 6) is -0.244. The Kier molecular flexibility index (Phi) is 4.09. The second kappa shape index (κ2) is 5.85. The molecule has 2 aliphatic heterocycles. The van der Waals surface area contributed by atoms with Crippen LogP contribution in [0.15, 0.2) is 0 Å². The number of fused-ring (bicyclic) bond motifs is 1. The molecule has 21 heavy (non-hydrogen) atoms. The summed E-state index contributed by atoms with van der Waals surface area (Å²) in [6.45, 7) is 3.51. The van der Waals surface area contributed by atoms with Crippen molar-refractivity contribution in [2.75, 3.05) is 13.1 Å². The van der Waals surface area contributed by atoms with Gasteiger partial charge < -0.3 is 14.9 Å². The zero-order chi connectivity index (χ0) is 15.0. The molecule has 0 spiro atoms. The van der Waals surface area contributed by atoms with E-state index in [4.69, 9.17) is 0 Å². The van der Waals surface area contributed by atoms with Gasteiger partial charge in [0.1, 0.15) is 6.04 Å². The second-order valence-electron chi connectivity index (χ2n) is 6.96. The van der Waals surface area contributed by atoms with Gasteiger partial charge in [-0.25, -0.2) is 9.59 Å². The number of carbonyl (C=O) groups is 2. The lowest BCUT2D eigenvalue weighted by atomic mass is 9.94. The number of carbonyl (C=O) groups excluding carboxylic acids is 1. The van der Waals surface area contributed by atoms with Crippen molar-refractivity contribution in [3.05, 3.63) is 0 Å². The van der Waals surface area contributed by atoms with E-state index in [1.54, 1.807) is 4.90 Å². The number of likely N-dealkylation sites (tertiary alicyclic amines) is 2. The molecule has 5 nitrogen and oxygen atoms in total. The maximum atomic E-state index is 12.9. The third-order valence-electron chi connectivity index (χ3n) is 5.69. The fourth-order valence-corrected chi connectivity index (χ4v) is 4.54. The fourth-order valence-electron chi connectivity index (χ4n) is 4.54. The first kappa shape index (κ1) is 14.7. The largest absolute Gasteiger partial charge is 0.480 e. The molecule has 4 unspecified atom stereocenters. The quantitative estimate of drug-likeness (QED) is 0.808. The molecule has 2 saturated heterocycles. The second-order valence-corrected chi connectivity index (χ2v) is 6.96. The van der Waals surface area contributed by atoms with E-state index in [1.165, 1.54) is 12.8 Å². The van der Waals surface area contributed by atoms with Crippen LogP contribution in [0.3, 0.4) is 0 Å². The number of aliphatic carboxylic acids is 1. The standard InChI is InChI=1S/C16H26N2O3/c1-11-6-3-2-4-9-17(11)16(21)18-10-12-7-5-8-13(12)14(18)15(19)20/h11-14H,2-10H2,1H3,(H,19,20). The molecule has 4 atom stereocenters. The Hall–Kier alpha value is -1.26. The number of hydrogen-bond donors (Lipinski definition) is 1. The molecule has 0 aromatic carbocycles. The highest BCUT2D eigenvalue weighted by atomic mass is 16.4. The molecule has 1 N–H and O–H groups in total. The first-order chi connectivity index (χ1) is 10.1. The van der Waals surface area contributed by atoms with E-state index < -0.39 is 12.0 Å². The van der Waals surface area contributed by atoms with E-state index in [0.29, 0.717) is 12.5 Å². The number of rotatable bonds is 1. The van der Waals surface area contributed by atoms with Crippen molar-refractivity contribution < 1.29 is 14.7 Å². The fraction of sp³-hybridized carbons (Fsp3) is 0.875. The molecule has 0 aromatic rings. The average Bonchev–Trinajstić information content (AvgIpc) is 2.94. The number of nitrogens with zero attached hydrogens (tertiary/aromatic N) is 2. The highest BCUT2D eigenvalue weighted by Crippen LogP contribution is 2.42. The predicted molar refractivity (Wildman–Crippen MR) is 79.0 cm³/mol. The maximum absolute atomic E-state index is 12.9. The van der Waals surface area contributed by atoms with Gasteiger partial charge in [-0.15, -0.1) is 0 Å². The topological polar surface area (TPSA) is 60.9 Å². The summed E-state index contributed by atoms with van der Waals surface area (Å²) in [7, 11) is 0. The maximum Gasteiger partial charge on any atom is 0.326 e. The van der Waals surface area contributed by atoms with Crippen molar-refractivity contribution in [3.8, 4) is 0 Å². The Labute approximate surface area is 126 Å². The van der Waals surface area contributed by atoms with Crippen molar-refractivity contribution in [1.29, 1.82) is 0 Å². The molecular weight excluding hydrogens is 268 g/mol. The van der Waals surface area contributed by atoms with Crippen LogP contribution in [-0.4, -0.2) is 52.1 Å². The Morgan fingerprint density at radius 1 is 1.00 bits per heavy atom. The molecule has 2 heterocycles.